The van der Waals surface area contributed by atoms with E-state index in [4.69, 9.17) is 14.6 Å². The Hall–Kier alpha value is -4.15. The van der Waals surface area contributed by atoms with Crippen LogP contribution in [-0.2, 0) is 19.6 Å². The maximum absolute atomic E-state index is 13.3. The molecule has 0 spiro atoms. The number of sulfonamides is 1. The summed E-state index contributed by atoms with van der Waals surface area (Å²) in [5.74, 6) is -1.06. The number of nitrogens with two attached hydrogens (primary N) is 1. The molecule has 1 saturated heterocycles. The number of rotatable bonds is 7. The van der Waals surface area contributed by atoms with Crippen LogP contribution in [0.5, 0.6) is 11.5 Å². The number of Topliss-reactive ketones (excluding diaryl/α,β-unsaturated/α-hetero) is 1. The Labute approximate surface area is 208 Å². The van der Waals surface area contributed by atoms with Crippen molar-refractivity contribution in [2.75, 3.05) is 18.6 Å². The minimum atomic E-state index is -3.96. The summed E-state index contributed by atoms with van der Waals surface area (Å²) < 4.78 is 34.1. The molecule has 1 unspecified atom stereocenters. The Bertz CT molecular complexity index is 1450. The average Bonchev–Trinajstić information content (AvgIpc) is 3.14. The predicted molar refractivity (Wildman–Crippen MR) is 133 cm³/mol. The van der Waals surface area contributed by atoms with Crippen molar-refractivity contribution in [3.8, 4) is 11.5 Å². The van der Waals surface area contributed by atoms with Gasteiger partial charge in [-0.05, 0) is 61.0 Å². The maximum atomic E-state index is 13.3. The van der Waals surface area contributed by atoms with Crippen LogP contribution in [-0.4, -0.2) is 38.9 Å². The highest BCUT2D eigenvalue weighted by Gasteiger charge is 2.47. The highest BCUT2D eigenvalue weighted by molar-refractivity contribution is 7.89. The Morgan fingerprint density at radius 3 is 2.25 bits per heavy atom. The number of anilines is 1. The molecule has 0 aliphatic carbocycles. The van der Waals surface area contributed by atoms with E-state index in [0.717, 1.165) is 0 Å². The first-order valence-electron chi connectivity index (χ1n) is 11.0. The van der Waals surface area contributed by atoms with Crippen LogP contribution >= 0.6 is 0 Å². The summed E-state index contributed by atoms with van der Waals surface area (Å²) in [6.45, 7) is 2.23. The molecule has 10 heteroatoms. The standard InChI is InChI=1S/C26H24N2O7S/c1-3-35-20-6-4-5-17(15-20)24(29)22-23(16-7-11-19(34-2)12-8-16)28(26(31)25(22)30)18-9-13-21(14-10-18)36(27,32)33/h4-15,23,29H,3H2,1-2H3,(H2,27,32,33)/b24-22+. The second-order valence-electron chi connectivity index (χ2n) is 7.94. The Balaban J connectivity index is 1.90. The van der Waals surface area contributed by atoms with Crippen molar-refractivity contribution in [3.05, 3.63) is 89.5 Å². The molecule has 9 nitrogen and oxygen atoms in total. The molecule has 0 saturated carbocycles. The number of hydrogen-bond donors (Lipinski definition) is 2. The third-order valence-corrected chi connectivity index (χ3v) is 6.67. The quantitative estimate of drug-likeness (QED) is 0.284. The van der Waals surface area contributed by atoms with E-state index in [0.29, 0.717) is 29.2 Å². The van der Waals surface area contributed by atoms with Gasteiger partial charge < -0.3 is 14.6 Å². The highest BCUT2D eigenvalue weighted by Crippen LogP contribution is 2.42. The van der Waals surface area contributed by atoms with Crippen LogP contribution in [0.2, 0.25) is 0 Å². The number of carbonyl (C=O) groups excluding carboxylic acids is 2. The first-order valence-corrected chi connectivity index (χ1v) is 12.5. The smallest absolute Gasteiger partial charge is 0.300 e. The lowest BCUT2D eigenvalue weighted by atomic mass is 9.95. The number of amides is 1. The van der Waals surface area contributed by atoms with Crippen molar-refractivity contribution < 1.29 is 32.6 Å². The Morgan fingerprint density at radius 2 is 1.67 bits per heavy atom. The third kappa shape index (κ3) is 4.68. The van der Waals surface area contributed by atoms with Crippen molar-refractivity contribution in [1.29, 1.82) is 0 Å². The molecule has 3 aromatic carbocycles. The predicted octanol–water partition coefficient (Wildman–Crippen LogP) is 3.37. The van der Waals surface area contributed by atoms with E-state index >= 15 is 0 Å². The molecule has 1 fully saturated rings. The molecule has 1 atom stereocenters. The number of carbonyl (C=O) groups is 2. The molecule has 0 bridgehead atoms. The minimum Gasteiger partial charge on any atom is -0.507 e. The Morgan fingerprint density at radius 1 is 1.00 bits per heavy atom. The number of aliphatic hydroxyl groups is 1. The van der Waals surface area contributed by atoms with Gasteiger partial charge in [0, 0.05) is 11.3 Å². The molecule has 0 radical (unpaired) electrons. The molecule has 186 valence electrons. The van der Waals surface area contributed by atoms with Gasteiger partial charge in [0.2, 0.25) is 10.0 Å². The molecule has 1 heterocycles. The summed E-state index contributed by atoms with van der Waals surface area (Å²) in [6, 6.07) is 17.6. The zero-order valence-corrected chi connectivity index (χ0v) is 20.4. The van der Waals surface area contributed by atoms with Crippen LogP contribution in [0.3, 0.4) is 0 Å². The normalized spacial score (nSPS) is 17.3. The minimum absolute atomic E-state index is 0.116. The molecule has 1 amide bonds. The molecule has 3 aromatic rings. The van der Waals surface area contributed by atoms with Crippen LogP contribution in [0.25, 0.3) is 5.76 Å². The fraction of sp³-hybridized carbons (Fsp3) is 0.154. The van der Waals surface area contributed by atoms with Crippen molar-refractivity contribution in [2.24, 2.45) is 5.14 Å². The van der Waals surface area contributed by atoms with Crippen LogP contribution in [0.1, 0.15) is 24.1 Å². The largest absolute Gasteiger partial charge is 0.507 e. The lowest BCUT2D eigenvalue weighted by molar-refractivity contribution is -0.132. The summed E-state index contributed by atoms with van der Waals surface area (Å²) >= 11 is 0. The first kappa shape index (κ1) is 25.0. The average molecular weight is 509 g/mol. The Kier molecular flexibility index (Phi) is 6.82. The molecule has 1 aliphatic rings. The van der Waals surface area contributed by atoms with E-state index in [1.807, 2.05) is 6.92 Å². The second-order valence-corrected chi connectivity index (χ2v) is 9.50. The van der Waals surface area contributed by atoms with Gasteiger partial charge in [-0.15, -0.1) is 0 Å². The SMILES string of the molecule is CCOc1cccc(/C(O)=C2\C(=O)C(=O)N(c3ccc(S(N)(=O)=O)cc3)C2c2ccc(OC)cc2)c1. The molecule has 0 aromatic heterocycles. The van der Waals surface area contributed by atoms with E-state index in [1.54, 1.807) is 48.5 Å². The van der Waals surface area contributed by atoms with Crippen molar-refractivity contribution >= 4 is 33.2 Å². The van der Waals surface area contributed by atoms with E-state index in [9.17, 15) is 23.1 Å². The monoisotopic (exact) mass is 508 g/mol. The summed E-state index contributed by atoms with van der Waals surface area (Å²) in [5.41, 5.74) is 0.983. The van der Waals surface area contributed by atoms with E-state index < -0.39 is 27.8 Å². The topological polar surface area (TPSA) is 136 Å². The third-order valence-electron chi connectivity index (χ3n) is 5.74. The lowest BCUT2D eigenvalue weighted by Crippen LogP contribution is -2.29. The summed E-state index contributed by atoms with van der Waals surface area (Å²) in [5, 5.41) is 16.4. The molecular weight excluding hydrogens is 484 g/mol. The van der Waals surface area contributed by atoms with Crippen LogP contribution in [0.15, 0.2) is 83.3 Å². The molecule has 4 rings (SSSR count). The van der Waals surface area contributed by atoms with Crippen molar-refractivity contribution in [2.45, 2.75) is 17.9 Å². The fourth-order valence-corrected chi connectivity index (χ4v) is 4.57. The number of hydrogen-bond acceptors (Lipinski definition) is 7. The van der Waals surface area contributed by atoms with E-state index in [2.05, 4.69) is 0 Å². The highest BCUT2D eigenvalue weighted by atomic mass is 32.2. The van der Waals surface area contributed by atoms with Gasteiger partial charge in [0.25, 0.3) is 11.7 Å². The summed E-state index contributed by atoms with van der Waals surface area (Å²) in [4.78, 5) is 27.6. The molecular formula is C26H24N2O7S. The van der Waals surface area contributed by atoms with Gasteiger partial charge >= 0.3 is 0 Å². The summed E-state index contributed by atoms with van der Waals surface area (Å²) in [6.07, 6.45) is 0. The van der Waals surface area contributed by atoms with Gasteiger partial charge in [0.15, 0.2) is 0 Å². The van der Waals surface area contributed by atoms with Gasteiger partial charge in [-0.1, -0.05) is 24.3 Å². The fourth-order valence-electron chi connectivity index (χ4n) is 4.05. The second kappa shape index (κ2) is 9.84. The number of ether oxygens (including phenoxy) is 2. The zero-order chi connectivity index (χ0) is 26.0. The number of methoxy groups -OCH3 is 1. The molecule has 3 N–H and O–H groups in total. The number of primary sulfonamides is 1. The number of benzene rings is 3. The first-order chi connectivity index (χ1) is 17.2. The number of ketones is 1. The van der Waals surface area contributed by atoms with E-state index in [1.165, 1.54) is 36.3 Å². The van der Waals surface area contributed by atoms with Crippen molar-refractivity contribution in [1.82, 2.24) is 0 Å². The molecule has 1 aliphatic heterocycles. The van der Waals surface area contributed by atoms with Gasteiger partial charge in [0.05, 0.1) is 30.2 Å². The van der Waals surface area contributed by atoms with E-state index in [-0.39, 0.29) is 21.9 Å². The van der Waals surface area contributed by atoms with Crippen LogP contribution in [0.4, 0.5) is 5.69 Å². The summed E-state index contributed by atoms with van der Waals surface area (Å²) in [7, 11) is -2.44. The maximum Gasteiger partial charge on any atom is 0.300 e. The number of nitrogens with zero attached hydrogens (tertiary/aromatic N) is 1. The van der Waals surface area contributed by atoms with Crippen LogP contribution < -0.4 is 19.5 Å². The number of aliphatic hydroxyl groups excluding tert-OH is 1. The van der Waals surface area contributed by atoms with Crippen LogP contribution in [0, 0.1) is 0 Å². The zero-order valence-electron chi connectivity index (χ0n) is 19.5. The molecule has 36 heavy (non-hydrogen) atoms. The van der Waals surface area contributed by atoms with Crippen molar-refractivity contribution in [3.63, 3.8) is 0 Å². The van der Waals surface area contributed by atoms with Gasteiger partial charge in [0.1, 0.15) is 17.3 Å². The van der Waals surface area contributed by atoms with Gasteiger partial charge in [-0.3, -0.25) is 14.5 Å². The van der Waals surface area contributed by atoms with Gasteiger partial charge in [-0.2, -0.15) is 0 Å². The van der Waals surface area contributed by atoms with Gasteiger partial charge in [-0.25, -0.2) is 13.6 Å². The lowest BCUT2D eigenvalue weighted by Gasteiger charge is -2.25.